The van der Waals surface area contributed by atoms with E-state index in [0.717, 1.165) is 0 Å². The van der Waals surface area contributed by atoms with Crippen LogP contribution in [0.1, 0.15) is 10.4 Å². The van der Waals surface area contributed by atoms with Crippen LogP contribution in [0.4, 0.5) is 5.69 Å². The van der Waals surface area contributed by atoms with E-state index in [1.54, 1.807) is 18.2 Å². The standard InChI is InChI=1S/C12H13ClN2O3/c1-18-12(17)8-2-3-9(13)10(6-8)15-5-4-14-11(16)7-15/h2-3,6H,4-5,7H2,1H3,(H,14,16). The number of carbonyl (C=O) groups is 2. The maximum absolute atomic E-state index is 11.5. The molecule has 96 valence electrons. The van der Waals surface area contributed by atoms with Crippen molar-refractivity contribution >= 4 is 29.2 Å². The highest BCUT2D eigenvalue weighted by Gasteiger charge is 2.20. The van der Waals surface area contributed by atoms with Crippen LogP contribution in [-0.2, 0) is 9.53 Å². The number of esters is 1. The van der Waals surface area contributed by atoms with Crippen molar-refractivity contribution in [3.63, 3.8) is 0 Å². The molecule has 6 heteroatoms. The number of hydrogen-bond acceptors (Lipinski definition) is 4. The lowest BCUT2D eigenvalue weighted by Crippen LogP contribution is -2.47. The Morgan fingerprint density at radius 1 is 1.50 bits per heavy atom. The Morgan fingerprint density at radius 3 is 2.94 bits per heavy atom. The molecule has 5 nitrogen and oxygen atoms in total. The van der Waals surface area contributed by atoms with Gasteiger partial charge < -0.3 is 15.0 Å². The Kier molecular flexibility index (Phi) is 3.72. The second-order valence-electron chi connectivity index (χ2n) is 3.93. The molecule has 1 N–H and O–H groups in total. The SMILES string of the molecule is COC(=O)c1ccc(Cl)c(N2CCNC(=O)C2)c1. The lowest BCUT2D eigenvalue weighted by atomic mass is 10.1. The molecule has 18 heavy (non-hydrogen) atoms. The van der Waals surface area contributed by atoms with Gasteiger partial charge in [0.1, 0.15) is 0 Å². The third kappa shape index (κ3) is 2.56. The van der Waals surface area contributed by atoms with Gasteiger partial charge in [-0.2, -0.15) is 0 Å². The molecule has 0 saturated carbocycles. The van der Waals surface area contributed by atoms with Gasteiger partial charge in [0, 0.05) is 13.1 Å². The molecular weight excluding hydrogens is 256 g/mol. The first-order chi connectivity index (χ1) is 8.61. The van der Waals surface area contributed by atoms with Crippen molar-refractivity contribution in [2.24, 2.45) is 0 Å². The minimum Gasteiger partial charge on any atom is -0.465 e. The number of piperazine rings is 1. The van der Waals surface area contributed by atoms with Gasteiger partial charge in [-0.25, -0.2) is 4.79 Å². The monoisotopic (exact) mass is 268 g/mol. The Hall–Kier alpha value is -1.75. The van der Waals surface area contributed by atoms with Gasteiger partial charge in [-0.05, 0) is 18.2 Å². The van der Waals surface area contributed by atoms with Crippen LogP contribution in [0.25, 0.3) is 0 Å². The third-order valence-electron chi connectivity index (χ3n) is 2.75. The fraction of sp³-hybridized carbons (Fsp3) is 0.333. The number of anilines is 1. The summed E-state index contributed by atoms with van der Waals surface area (Å²) < 4.78 is 4.66. The number of nitrogens with zero attached hydrogens (tertiary/aromatic N) is 1. The third-order valence-corrected chi connectivity index (χ3v) is 3.07. The normalized spacial score (nSPS) is 15.2. The average Bonchev–Trinajstić information content (AvgIpc) is 2.38. The number of carbonyl (C=O) groups excluding carboxylic acids is 2. The molecule has 0 spiro atoms. The number of benzene rings is 1. The van der Waals surface area contributed by atoms with Gasteiger partial charge in [-0.15, -0.1) is 0 Å². The van der Waals surface area contributed by atoms with Crippen molar-refractivity contribution in [3.8, 4) is 0 Å². The van der Waals surface area contributed by atoms with E-state index in [1.165, 1.54) is 7.11 Å². The Bertz CT molecular complexity index is 490. The van der Waals surface area contributed by atoms with Crippen molar-refractivity contribution in [1.82, 2.24) is 5.32 Å². The van der Waals surface area contributed by atoms with Crippen molar-refractivity contribution < 1.29 is 14.3 Å². The van der Waals surface area contributed by atoms with Crippen LogP contribution < -0.4 is 10.2 Å². The molecule has 1 aromatic rings. The molecule has 0 bridgehead atoms. The number of halogens is 1. The molecule has 1 amide bonds. The summed E-state index contributed by atoms with van der Waals surface area (Å²) in [4.78, 5) is 24.6. The quantitative estimate of drug-likeness (QED) is 0.815. The van der Waals surface area contributed by atoms with Crippen LogP contribution in [0.2, 0.25) is 5.02 Å². The summed E-state index contributed by atoms with van der Waals surface area (Å²) in [5.74, 6) is -0.477. The molecule has 1 heterocycles. The first-order valence-corrected chi connectivity index (χ1v) is 5.89. The summed E-state index contributed by atoms with van der Waals surface area (Å²) in [6, 6.07) is 4.88. The van der Waals surface area contributed by atoms with Crippen LogP contribution in [-0.4, -0.2) is 38.6 Å². The van der Waals surface area contributed by atoms with E-state index in [1.807, 2.05) is 4.90 Å². The Labute approximate surface area is 110 Å². The maximum Gasteiger partial charge on any atom is 0.337 e. The Balaban J connectivity index is 2.31. The van der Waals surface area contributed by atoms with Crippen LogP contribution in [0.5, 0.6) is 0 Å². The zero-order valence-corrected chi connectivity index (χ0v) is 10.7. The van der Waals surface area contributed by atoms with E-state index in [0.29, 0.717) is 29.4 Å². The fourth-order valence-corrected chi connectivity index (χ4v) is 2.08. The van der Waals surface area contributed by atoms with Crippen molar-refractivity contribution in [2.75, 3.05) is 31.6 Å². The molecule has 2 rings (SSSR count). The van der Waals surface area contributed by atoms with Gasteiger partial charge in [0.15, 0.2) is 0 Å². The fourth-order valence-electron chi connectivity index (χ4n) is 1.84. The minimum atomic E-state index is -0.422. The molecule has 1 aliphatic heterocycles. The zero-order chi connectivity index (χ0) is 13.1. The smallest absolute Gasteiger partial charge is 0.337 e. The van der Waals surface area contributed by atoms with Crippen LogP contribution in [0, 0.1) is 0 Å². The van der Waals surface area contributed by atoms with Gasteiger partial charge in [0.05, 0.1) is 29.9 Å². The molecule has 1 aromatic carbocycles. The molecule has 1 saturated heterocycles. The van der Waals surface area contributed by atoms with E-state index in [4.69, 9.17) is 11.6 Å². The van der Waals surface area contributed by atoms with E-state index < -0.39 is 5.97 Å². The van der Waals surface area contributed by atoms with E-state index in [2.05, 4.69) is 10.1 Å². The second kappa shape index (κ2) is 5.27. The molecule has 0 radical (unpaired) electrons. The van der Waals surface area contributed by atoms with Gasteiger partial charge in [-0.3, -0.25) is 4.79 Å². The highest BCUT2D eigenvalue weighted by molar-refractivity contribution is 6.33. The first-order valence-electron chi connectivity index (χ1n) is 5.51. The van der Waals surface area contributed by atoms with Crippen LogP contribution in [0.15, 0.2) is 18.2 Å². The van der Waals surface area contributed by atoms with E-state index >= 15 is 0 Å². The first kappa shape index (κ1) is 12.7. The number of ether oxygens (including phenoxy) is 1. The van der Waals surface area contributed by atoms with Crippen molar-refractivity contribution in [3.05, 3.63) is 28.8 Å². The topological polar surface area (TPSA) is 58.6 Å². The average molecular weight is 269 g/mol. The number of nitrogens with one attached hydrogen (secondary N) is 1. The van der Waals surface area contributed by atoms with Gasteiger partial charge >= 0.3 is 5.97 Å². The maximum atomic E-state index is 11.5. The lowest BCUT2D eigenvalue weighted by Gasteiger charge is -2.29. The van der Waals surface area contributed by atoms with Gasteiger partial charge in [0.2, 0.25) is 5.91 Å². The molecular formula is C12H13ClN2O3. The molecule has 0 atom stereocenters. The molecule has 0 unspecified atom stereocenters. The summed E-state index contributed by atoms with van der Waals surface area (Å²) in [5, 5.41) is 3.25. The van der Waals surface area contributed by atoms with Crippen molar-refractivity contribution in [1.29, 1.82) is 0 Å². The largest absolute Gasteiger partial charge is 0.465 e. The predicted molar refractivity (Wildman–Crippen MR) is 68.0 cm³/mol. The number of methoxy groups -OCH3 is 1. The summed E-state index contributed by atoms with van der Waals surface area (Å²) >= 11 is 6.10. The Morgan fingerprint density at radius 2 is 2.28 bits per heavy atom. The van der Waals surface area contributed by atoms with E-state index in [9.17, 15) is 9.59 Å². The molecule has 0 aliphatic carbocycles. The highest BCUT2D eigenvalue weighted by Crippen LogP contribution is 2.27. The minimum absolute atomic E-state index is 0.0548. The molecule has 1 aliphatic rings. The summed E-state index contributed by atoms with van der Waals surface area (Å²) in [6.07, 6.45) is 0. The zero-order valence-electron chi connectivity index (χ0n) is 9.90. The van der Waals surface area contributed by atoms with E-state index in [-0.39, 0.29) is 12.5 Å². The molecule has 0 aromatic heterocycles. The molecule has 1 fully saturated rings. The van der Waals surface area contributed by atoms with Crippen LogP contribution in [0.3, 0.4) is 0 Å². The van der Waals surface area contributed by atoms with Gasteiger partial charge in [0.25, 0.3) is 0 Å². The number of rotatable bonds is 2. The number of amides is 1. The second-order valence-corrected chi connectivity index (χ2v) is 4.34. The van der Waals surface area contributed by atoms with Crippen molar-refractivity contribution in [2.45, 2.75) is 0 Å². The summed E-state index contributed by atoms with van der Waals surface area (Å²) in [5.41, 5.74) is 1.09. The number of hydrogen-bond donors (Lipinski definition) is 1. The predicted octanol–water partition coefficient (Wildman–Crippen LogP) is 1.06. The van der Waals surface area contributed by atoms with Gasteiger partial charge in [-0.1, -0.05) is 11.6 Å². The lowest BCUT2D eigenvalue weighted by molar-refractivity contribution is -0.120. The van der Waals surface area contributed by atoms with Crippen LogP contribution >= 0.6 is 11.6 Å². The highest BCUT2D eigenvalue weighted by atomic mass is 35.5. The summed E-state index contributed by atoms with van der Waals surface area (Å²) in [7, 11) is 1.32. The summed E-state index contributed by atoms with van der Waals surface area (Å²) in [6.45, 7) is 1.47.